The van der Waals surface area contributed by atoms with Crippen LogP contribution in [0.1, 0.15) is 25.8 Å². The molecular weight excluding hydrogens is 212 g/mol. The second kappa shape index (κ2) is 5.37. The van der Waals surface area contributed by atoms with Crippen molar-refractivity contribution in [2.24, 2.45) is 0 Å². The summed E-state index contributed by atoms with van der Waals surface area (Å²) in [5, 5.41) is 13.0. The highest BCUT2D eigenvalue weighted by atomic mass is 19.1. The second-order valence-corrected chi connectivity index (χ2v) is 4.05. The number of halogens is 2. The first-order valence-electron chi connectivity index (χ1n) is 5.36. The maximum absolute atomic E-state index is 13.4. The van der Waals surface area contributed by atoms with E-state index in [2.05, 4.69) is 5.32 Å². The molecule has 0 saturated heterocycles. The average molecular weight is 229 g/mol. The highest BCUT2D eigenvalue weighted by Gasteiger charge is 2.29. The molecule has 0 heterocycles. The molecule has 2 nitrogen and oxygen atoms in total. The molecule has 0 aliphatic carbocycles. The van der Waals surface area contributed by atoms with E-state index >= 15 is 0 Å². The molecule has 0 amide bonds. The van der Waals surface area contributed by atoms with Gasteiger partial charge >= 0.3 is 0 Å². The van der Waals surface area contributed by atoms with E-state index < -0.39 is 17.2 Å². The Labute approximate surface area is 94.3 Å². The van der Waals surface area contributed by atoms with E-state index in [0.717, 1.165) is 18.6 Å². The first-order valence-corrected chi connectivity index (χ1v) is 5.36. The standard InChI is InChI=1S/C12H17F2NO/c1-3-7-15-8-12(2,16)11-9(13)5-4-6-10(11)14/h4-6,15-16H,3,7-8H2,1-2H3. The minimum absolute atomic E-state index is 0.124. The van der Waals surface area contributed by atoms with E-state index in [1.807, 2.05) is 6.92 Å². The lowest BCUT2D eigenvalue weighted by Crippen LogP contribution is -2.37. The highest BCUT2D eigenvalue weighted by Crippen LogP contribution is 2.25. The molecule has 0 aromatic heterocycles. The van der Waals surface area contributed by atoms with Crippen LogP contribution in [0.2, 0.25) is 0 Å². The van der Waals surface area contributed by atoms with Crippen molar-refractivity contribution in [2.45, 2.75) is 25.9 Å². The monoisotopic (exact) mass is 229 g/mol. The van der Waals surface area contributed by atoms with Crippen LogP contribution < -0.4 is 5.32 Å². The quantitative estimate of drug-likeness (QED) is 0.758. The molecule has 4 heteroatoms. The van der Waals surface area contributed by atoms with E-state index in [-0.39, 0.29) is 12.1 Å². The van der Waals surface area contributed by atoms with E-state index in [4.69, 9.17) is 0 Å². The fourth-order valence-corrected chi connectivity index (χ4v) is 1.61. The molecule has 0 aliphatic rings. The lowest BCUT2D eigenvalue weighted by Gasteiger charge is -2.25. The summed E-state index contributed by atoms with van der Waals surface area (Å²) in [6, 6.07) is 3.57. The minimum Gasteiger partial charge on any atom is -0.384 e. The number of hydrogen-bond acceptors (Lipinski definition) is 2. The van der Waals surface area contributed by atoms with Crippen molar-refractivity contribution in [3.05, 3.63) is 35.4 Å². The zero-order chi connectivity index (χ0) is 12.2. The Bertz CT molecular complexity index is 333. The van der Waals surface area contributed by atoms with E-state index in [1.165, 1.54) is 13.0 Å². The first-order chi connectivity index (χ1) is 7.49. The maximum atomic E-state index is 13.4. The fourth-order valence-electron chi connectivity index (χ4n) is 1.61. The summed E-state index contributed by atoms with van der Waals surface area (Å²) < 4.78 is 26.9. The summed E-state index contributed by atoms with van der Waals surface area (Å²) in [5.74, 6) is -1.44. The molecule has 1 aromatic rings. The Hall–Kier alpha value is -1.00. The third-order valence-electron chi connectivity index (χ3n) is 2.40. The van der Waals surface area contributed by atoms with Gasteiger partial charge in [-0.1, -0.05) is 13.0 Å². The molecule has 0 saturated carbocycles. The molecule has 1 atom stereocenters. The smallest absolute Gasteiger partial charge is 0.132 e. The molecule has 0 aliphatic heterocycles. The normalized spacial score (nSPS) is 14.8. The number of hydrogen-bond donors (Lipinski definition) is 2. The molecule has 0 radical (unpaired) electrons. The number of aliphatic hydroxyl groups is 1. The third-order valence-corrected chi connectivity index (χ3v) is 2.40. The summed E-state index contributed by atoms with van der Waals surface area (Å²) in [6.07, 6.45) is 0.899. The summed E-state index contributed by atoms with van der Waals surface area (Å²) >= 11 is 0. The lowest BCUT2D eigenvalue weighted by atomic mass is 9.94. The van der Waals surface area contributed by atoms with Crippen LogP contribution in [0.4, 0.5) is 8.78 Å². The van der Waals surface area contributed by atoms with Gasteiger partial charge in [0.05, 0.1) is 5.56 Å². The van der Waals surface area contributed by atoms with Crippen molar-refractivity contribution in [3.8, 4) is 0 Å². The van der Waals surface area contributed by atoms with Crippen LogP contribution in [-0.2, 0) is 5.60 Å². The third kappa shape index (κ3) is 3.00. The lowest BCUT2D eigenvalue weighted by molar-refractivity contribution is 0.0495. The van der Waals surface area contributed by atoms with Crippen molar-refractivity contribution in [1.29, 1.82) is 0 Å². The van der Waals surface area contributed by atoms with E-state index in [9.17, 15) is 13.9 Å². The molecule has 90 valence electrons. The summed E-state index contributed by atoms with van der Waals surface area (Å²) in [5.41, 5.74) is -1.82. The predicted molar refractivity (Wildman–Crippen MR) is 59.1 cm³/mol. The Kier molecular flexibility index (Phi) is 4.38. The van der Waals surface area contributed by atoms with Gasteiger partial charge < -0.3 is 10.4 Å². The highest BCUT2D eigenvalue weighted by molar-refractivity contribution is 5.25. The average Bonchev–Trinajstić information content (AvgIpc) is 2.17. The van der Waals surface area contributed by atoms with E-state index in [1.54, 1.807) is 0 Å². The summed E-state index contributed by atoms with van der Waals surface area (Å²) in [4.78, 5) is 0. The van der Waals surface area contributed by atoms with Crippen molar-refractivity contribution in [1.82, 2.24) is 5.32 Å². The molecule has 0 bridgehead atoms. The number of nitrogens with one attached hydrogen (secondary N) is 1. The van der Waals surface area contributed by atoms with Crippen LogP contribution in [-0.4, -0.2) is 18.2 Å². The van der Waals surface area contributed by atoms with Gasteiger partial charge in [-0.05, 0) is 32.0 Å². The zero-order valence-electron chi connectivity index (χ0n) is 9.56. The molecule has 1 rings (SSSR count). The van der Waals surface area contributed by atoms with Gasteiger partial charge in [0.25, 0.3) is 0 Å². The second-order valence-electron chi connectivity index (χ2n) is 4.05. The van der Waals surface area contributed by atoms with Crippen molar-refractivity contribution in [3.63, 3.8) is 0 Å². The largest absolute Gasteiger partial charge is 0.384 e. The number of rotatable bonds is 5. The topological polar surface area (TPSA) is 32.3 Å². The van der Waals surface area contributed by atoms with Gasteiger partial charge in [-0.15, -0.1) is 0 Å². The van der Waals surface area contributed by atoms with Crippen LogP contribution in [0, 0.1) is 11.6 Å². The zero-order valence-corrected chi connectivity index (χ0v) is 9.56. The Morgan fingerprint density at radius 3 is 2.38 bits per heavy atom. The molecule has 2 N–H and O–H groups in total. The maximum Gasteiger partial charge on any atom is 0.132 e. The van der Waals surface area contributed by atoms with Crippen LogP contribution in [0.3, 0.4) is 0 Å². The van der Waals surface area contributed by atoms with E-state index in [0.29, 0.717) is 6.54 Å². The van der Waals surface area contributed by atoms with Crippen LogP contribution in [0.15, 0.2) is 18.2 Å². The SMILES string of the molecule is CCCNCC(C)(O)c1c(F)cccc1F. The van der Waals surface area contributed by atoms with Crippen molar-refractivity contribution >= 4 is 0 Å². The van der Waals surface area contributed by atoms with Crippen molar-refractivity contribution in [2.75, 3.05) is 13.1 Å². The Morgan fingerprint density at radius 1 is 1.31 bits per heavy atom. The van der Waals surface area contributed by atoms with Gasteiger partial charge in [-0.3, -0.25) is 0 Å². The van der Waals surface area contributed by atoms with Gasteiger partial charge in [0.2, 0.25) is 0 Å². The van der Waals surface area contributed by atoms with Crippen LogP contribution in [0.5, 0.6) is 0 Å². The van der Waals surface area contributed by atoms with Gasteiger partial charge in [-0.2, -0.15) is 0 Å². The van der Waals surface area contributed by atoms with Crippen LogP contribution >= 0.6 is 0 Å². The van der Waals surface area contributed by atoms with Gasteiger partial charge in [0.15, 0.2) is 0 Å². The molecule has 0 fully saturated rings. The predicted octanol–water partition coefficient (Wildman–Crippen LogP) is 2.17. The molecule has 1 aromatic carbocycles. The van der Waals surface area contributed by atoms with Gasteiger partial charge in [0, 0.05) is 6.54 Å². The molecule has 16 heavy (non-hydrogen) atoms. The Morgan fingerprint density at radius 2 is 1.88 bits per heavy atom. The van der Waals surface area contributed by atoms with Crippen LogP contribution in [0.25, 0.3) is 0 Å². The summed E-state index contributed by atoms with van der Waals surface area (Å²) in [6.45, 7) is 4.20. The Balaban J connectivity index is 2.88. The van der Waals surface area contributed by atoms with Gasteiger partial charge in [0.1, 0.15) is 17.2 Å². The fraction of sp³-hybridized carbons (Fsp3) is 0.500. The molecule has 1 unspecified atom stereocenters. The molecular formula is C12H17F2NO. The minimum atomic E-state index is -1.54. The summed E-state index contributed by atoms with van der Waals surface area (Å²) in [7, 11) is 0. The first kappa shape index (κ1) is 13.1. The van der Waals surface area contributed by atoms with Gasteiger partial charge in [-0.25, -0.2) is 8.78 Å². The van der Waals surface area contributed by atoms with Crippen molar-refractivity contribution < 1.29 is 13.9 Å². The number of benzene rings is 1. The molecule has 0 spiro atoms.